The van der Waals surface area contributed by atoms with Crippen LogP contribution in [-0.4, -0.2) is 102 Å². The van der Waals surface area contributed by atoms with Crippen molar-refractivity contribution in [2.45, 2.75) is 57.5 Å². The summed E-state index contributed by atoms with van der Waals surface area (Å²) >= 11 is 0. The lowest BCUT2D eigenvalue weighted by Crippen LogP contribution is -2.54. The van der Waals surface area contributed by atoms with E-state index in [1.807, 2.05) is 9.80 Å². The SMILES string of the molecule is CN/C=C(\C=N)c1cc2c(cc1C(F)F)N(C1=NN(C3CCN(CC(=O)O)CC3)C3CCN(C(C)=O)CC13)CCC2. The third kappa shape index (κ3) is 5.79. The summed E-state index contributed by atoms with van der Waals surface area (Å²) in [5.74, 6) is -0.0409. The van der Waals surface area contributed by atoms with E-state index in [9.17, 15) is 23.5 Å². The highest BCUT2D eigenvalue weighted by Gasteiger charge is 2.47. The maximum Gasteiger partial charge on any atom is 0.317 e. The van der Waals surface area contributed by atoms with Crippen molar-refractivity contribution < 1.29 is 23.5 Å². The lowest BCUT2D eigenvalue weighted by atomic mass is 9.87. The number of halogens is 2. The van der Waals surface area contributed by atoms with E-state index >= 15 is 0 Å². The first kappa shape index (κ1) is 29.0. The van der Waals surface area contributed by atoms with E-state index in [-0.39, 0.29) is 36.0 Å². The summed E-state index contributed by atoms with van der Waals surface area (Å²) in [6, 6.07) is 3.61. The number of carbonyl (C=O) groups excluding carboxylic acids is 1. The van der Waals surface area contributed by atoms with Gasteiger partial charge >= 0.3 is 5.97 Å². The highest BCUT2D eigenvalue weighted by molar-refractivity contribution is 6.09. The van der Waals surface area contributed by atoms with Gasteiger partial charge in [0.2, 0.25) is 5.91 Å². The lowest BCUT2D eigenvalue weighted by molar-refractivity contribution is -0.139. The number of amides is 1. The average Bonchev–Trinajstić information content (AvgIpc) is 3.33. The average molecular weight is 572 g/mol. The molecule has 2 saturated heterocycles. The Hall–Kier alpha value is -3.54. The molecule has 4 heterocycles. The highest BCUT2D eigenvalue weighted by atomic mass is 19.3. The molecule has 4 aliphatic rings. The van der Waals surface area contributed by atoms with Crippen molar-refractivity contribution in [1.82, 2.24) is 20.1 Å². The molecule has 2 unspecified atom stereocenters. The molecule has 2 atom stereocenters. The summed E-state index contributed by atoms with van der Waals surface area (Å²) in [5.41, 5.74) is 2.29. The fourth-order valence-corrected chi connectivity index (χ4v) is 6.87. The zero-order valence-electron chi connectivity index (χ0n) is 23.7. The molecule has 222 valence electrons. The van der Waals surface area contributed by atoms with Crippen molar-refractivity contribution in [3.8, 4) is 0 Å². The molecule has 10 nitrogen and oxygen atoms in total. The van der Waals surface area contributed by atoms with Crippen LogP contribution in [0.3, 0.4) is 0 Å². The van der Waals surface area contributed by atoms with Crippen LogP contribution in [0.5, 0.6) is 0 Å². The Bertz CT molecular complexity index is 1250. The Morgan fingerprint density at radius 3 is 2.59 bits per heavy atom. The minimum Gasteiger partial charge on any atom is -0.480 e. The van der Waals surface area contributed by atoms with E-state index in [0.29, 0.717) is 43.9 Å². The standard InChI is InChI=1S/C29H39F2N7O3/c1-18(39)36-11-7-25-24(16-36)29(34-38(25)21-5-9-35(10-6-21)17-27(40)41)37-8-3-4-19-12-22(20(14-32)15-33-2)23(28(30)31)13-26(19)37/h12-15,21,24-25,28,32-33H,3-11,16-17H2,1-2H3,(H,40,41)/b20-15+,32-14?. The van der Waals surface area contributed by atoms with Gasteiger partial charge in [-0.3, -0.25) is 19.5 Å². The Kier molecular flexibility index (Phi) is 8.58. The molecule has 0 saturated carbocycles. The van der Waals surface area contributed by atoms with Crippen LogP contribution in [0.4, 0.5) is 14.5 Å². The fraction of sp³-hybridized carbons (Fsp3) is 0.586. The number of nitrogens with one attached hydrogen (secondary N) is 2. The van der Waals surface area contributed by atoms with Crippen LogP contribution in [-0.2, 0) is 16.0 Å². The fourth-order valence-electron chi connectivity index (χ4n) is 6.87. The van der Waals surface area contributed by atoms with Crippen LogP contribution < -0.4 is 10.2 Å². The van der Waals surface area contributed by atoms with Crippen LogP contribution >= 0.6 is 0 Å². The van der Waals surface area contributed by atoms with Gasteiger partial charge in [0.05, 0.1) is 18.5 Å². The molecule has 0 radical (unpaired) electrons. The van der Waals surface area contributed by atoms with E-state index < -0.39 is 12.4 Å². The summed E-state index contributed by atoms with van der Waals surface area (Å²) in [7, 11) is 1.68. The molecule has 1 amide bonds. The van der Waals surface area contributed by atoms with Crippen molar-refractivity contribution in [1.29, 1.82) is 5.41 Å². The zero-order valence-corrected chi connectivity index (χ0v) is 23.7. The van der Waals surface area contributed by atoms with Crippen LogP contribution in [0.25, 0.3) is 5.57 Å². The Balaban J connectivity index is 1.51. The second-order valence-electron chi connectivity index (χ2n) is 11.3. The predicted molar refractivity (Wildman–Crippen MR) is 153 cm³/mol. The number of amidine groups is 1. The number of nitrogens with zero attached hydrogens (tertiary/aromatic N) is 5. The first-order valence-electron chi connectivity index (χ1n) is 14.4. The van der Waals surface area contributed by atoms with Gasteiger partial charge in [-0.25, -0.2) is 8.78 Å². The summed E-state index contributed by atoms with van der Waals surface area (Å²) in [5, 5.41) is 27.2. The van der Waals surface area contributed by atoms with Crippen LogP contribution in [0.2, 0.25) is 0 Å². The molecule has 41 heavy (non-hydrogen) atoms. The third-order valence-electron chi connectivity index (χ3n) is 8.85. The summed E-state index contributed by atoms with van der Waals surface area (Å²) in [6.45, 7) is 4.79. The number of carboxylic acid groups (broad SMARTS) is 1. The van der Waals surface area contributed by atoms with Gasteiger partial charge in [-0.1, -0.05) is 0 Å². The molecule has 3 N–H and O–H groups in total. The van der Waals surface area contributed by atoms with Crippen molar-refractivity contribution in [3.63, 3.8) is 0 Å². The van der Waals surface area contributed by atoms with Crippen molar-refractivity contribution in [3.05, 3.63) is 35.0 Å². The molecule has 0 spiro atoms. The van der Waals surface area contributed by atoms with Gasteiger partial charge in [0, 0.05) is 82.0 Å². The second kappa shape index (κ2) is 12.1. The molecule has 5 rings (SSSR count). The third-order valence-corrected chi connectivity index (χ3v) is 8.85. The van der Waals surface area contributed by atoms with Crippen molar-refractivity contribution >= 4 is 35.2 Å². The number of allylic oxidation sites excluding steroid dienone is 1. The molecule has 1 aromatic carbocycles. The second-order valence-corrected chi connectivity index (χ2v) is 11.3. The van der Waals surface area contributed by atoms with Gasteiger partial charge < -0.3 is 25.6 Å². The Morgan fingerprint density at radius 1 is 1.20 bits per heavy atom. The number of carbonyl (C=O) groups is 2. The smallest absolute Gasteiger partial charge is 0.317 e. The molecular weight excluding hydrogens is 532 g/mol. The molecule has 0 aliphatic carbocycles. The molecule has 4 aliphatic heterocycles. The zero-order chi connectivity index (χ0) is 29.3. The van der Waals surface area contributed by atoms with Crippen molar-refractivity contribution in [2.24, 2.45) is 11.0 Å². The quantitative estimate of drug-likeness (QED) is 0.431. The minimum absolute atomic E-state index is 0.0161. The number of benzene rings is 1. The normalized spacial score (nSPS) is 23.8. The monoisotopic (exact) mass is 571 g/mol. The molecule has 12 heteroatoms. The summed E-state index contributed by atoms with van der Waals surface area (Å²) in [4.78, 5) is 29.5. The van der Waals surface area contributed by atoms with Gasteiger partial charge in [0.25, 0.3) is 6.43 Å². The van der Waals surface area contributed by atoms with Crippen LogP contribution in [0.15, 0.2) is 23.4 Å². The number of hydrogen-bond donors (Lipinski definition) is 3. The number of anilines is 1. The topological polar surface area (TPSA) is 116 Å². The van der Waals surface area contributed by atoms with Gasteiger partial charge in [-0.15, -0.1) is 0 Å². The van der Waals surface area contributed by atoms with Gasteiger partial charge in [-0.05, 0) is 55.4 Å². The molecule has 0 aromatic heterocycles. The number of fused-ring (bicyclic) bond motifs is 2. The highest BCUT2D eigenvalue weighted by Crippen LogP contribution is 2.41. The largest absolute Gasteiger partial charge is 0.480 e. The van der Waals surface area contributed by atoms with E-state index in [0.717, 1.165) is 55.4 Å². The minimum atomic E-state index is -2.71. The first-order chi connectivity index (χ1) is 19.7. The van der Waals surface area contributed by atoms with E-state index in [1.54, 1.807) is 32.3 Å². The number of hydrazone groups is 1. The number of likely N-dealkylation sites (tertiary alicyclic amines) is 2. The van der Waals surface area contributed by atoms with E-state index in [1.165, 1.54) is 0 Å². The summed E-state index contributed by atoms with van der Waals surface area (Å²) < 4.78 is 28.8. The number of aryl methyl sites for hydroxylation is 1. The van der Waals surface area contributed by atoms with Crippen LogP contribution in [0.1, 0.15) is 55.7 Å². The van der Waals surface area contributed by atoms with Gasteiger partial charge in [0.15, 0.2) is 0 Å². The maximum absolute atomic E-state index is 14.4. The molecular formula is C29H39F2N7O3. The van der Waals surface area contributed by atoms with E-state index in [4.69, 9.17) is 10.5 Å². The molecule has 1 aromatic rings. The predicted octanol–water partition coefficient (Wildman–Crippen LogP) is 3.00. The summed E-state index contributed by atoms with van der Waals surface area (Å²) in [6.07, 6.45) is 3.86. The Labute approximate surface area is 239 Å². The molecule has 2 fully saturated rings. The van der Waals surface area contributed by atoms with E-state index in [2.05, 4.69) is 15.2 Å². The number of alkyl halides is 2. The first-order valence-corrected chi connectivity index (χ1v) is 14.4. The Morgan fingerprint density at radius 2 is 1.95 bits per heavy atom. The van der Waals surface area contributed by atoms with Crippen LogP contribution in [0, 0.1) is 11.3 Å². The maximum atomic E-state index is 14.4. The van der Waals surface area contributed by atoms with Crippen molar-refractivity contribution in [2.75, 3.05) is 51.2 Å². The van der Waals surface area contributed by atoms with Gasteiger partial charge in [-0.2, -0.15) is 5.10 Å². The lowest BCUT2D eigenvalue weighted by Gasteiger charge is -2.43. The molecule has 0 bridgehead atoms. The van der Waals surface area contributed by atoms with Gasteiger partial charge in [0.1, 0.15) is 5.84 Å². The number of rotatable bonds is 7. The number of carboxylic acids is 1. The number of piperidine rings is 2. The number of aliphatic carboxylic acids is 1. The number of hydrogen-bond acceptors (Lipinski definition) is 8.